The molecule has 0 aliphatic rings. The Morgan fingerprint density at radius 3 is 2.68 bits per heavy atom. The second-order valence-corrected chi connectivity index (χ2v) is 5.87. The Hall–Kier alpha value is -1.84. The topological polar surface area (TPSA) is 66.6 Å². The summed E-state index contributed by atoms with van der Waals surface area (Å²) >= 11 is 2.86. The Labute approximate surface area is 119 Å². The van der Waals surface area contributed by atoms with Gasteiger partial charge in [-0.3, -0.25) is 4.79 Å². The summed E-state index contributed by atoms with van der Waals surface area (Å²) < 4.78 is 0. The number of aryl methyl sites for hydroxylation is 2. The van der Waals surface area contributed by atoms with Gasteiger partial charge in [0.1, 0.15) is 5.01 Å². The van der Waals surface area contributed by atoms with Crippen LogP contribution in [0.5, 0.6) is 0 Å². The summed E-state index contributed by atoms with van der Waals surface area (Å²) in [5.41, 5.74) is 1.56. The highest BCUT2D eigenvalue weighted by Gasteiger charge is 2.20. The number of allylic oxidation sites excluding steroid dienone is 1. The van der Waals surface area contributed by atoms with Crippen LogP contribution in [0.2, 0.25) is 0 Å². The van der Waals surface area contributed by atoms with Gasteiger partial charge in [0.05, 0.1) is 16.8 Å². The van der Waals surface area contributed by atoms with Crippen molar-refractivity contribution in [3.63, 3.8) is 0 Å². The van der Waals surface area contributed by atoms with E-state index in [0.717, 1.165) is 16.4 Å². The molecule has 2 rings (SSSR count). The first-order valence-corrected chi connectivity index (χ1v) is 7.32. The molecule has 0 N–H and O–H groups in total. The molecule has 96 valence electrons. The molecule has 19 heavy (non-hydrogen) atoms. The number of carbonyl (C=O) groups excluding carboxylic acids is 1. The second kappa shape index (κ2) is 5.87. The van der Waals surface area contributed by atoms with E-state index in [-0.39, 0.29) is 5.78 Å². The second-order valence-electron chi connectivity index (χ2n) is 3.92. The summed E-state index contributed by atoms with van der Waals surface area (Å²) in [5.74, 6) is -1.09. The van der Waals surface area contributed by atoms with E-state index in [1.807, 2.05) is 30.7 Å². The van der Waals surface area contributed by atoms with Gasteiger partial charge in [-0.15, -0.1) is 22.7 Å². The number of rotatable bonds is 4. The number of carbonyl (C=O) groups is 1. The van der Waals surface area contributed by atoms with Crippen LogP contribution in [0.25, 0.3) is 6.08 Å². The van der Waals surface area contributed by atoms with Crippen LogP contribution in [-0.4, -0.2) is 15.8 Å². The number of nitrogens with zero attached hydrogens (tertiary/aromatic N) is 3. The molecule has 0 bridgehead atoms. The summed E-state index contributed by atoms with van der Waals surface area (Å²) in [6, 6.07) is 2.00. The fraction of sp³-hybridized carbons (Fsp3) is 0.231. The third-order valence-electron chi connectivity index (χ3n) is 2.35. The van der Waals surface area contributed by atoms with E-state index in [9.17, 15) is 4.79 Å². The zero-order chi connectivity index (χ0) is 13.8. The molecular weight excluding hydrogens is 278 g/mol. The highest BCUT2D eigenvalue weighted by atomic mass is 32.1. The van der Waals surface area contributed by atoms with Gasteiger partial charge in [-0.05, 0) is 26.0 Å². The van der Waals surface area contributed by atoms with Crippen molar-refractivity contribution in [1.29, 1.82) is 5.26 Å². The summed E-state index contributed by atoms with van der Waals surface area (Å²) in [6.07, 6.45) is 3.04. The lowest BCUT2D eigenvalue weighted by atomic mass is 10.1. The lowest BCUT2D eigenvalue weighted by Gasteiger charge is -1.99. The molecule has 2 heterocycles. The van der Waals surface area contributed by atoms with Gasteiger partial charge in [-0.2, -0.15) is 5.26 Å². The molecule has 2 aromatic rings. The van der Waals surface area contributed by atoms with Crippen LogP contribution in [0.1, 0.15) is 27.3 Å². The lowest BCUT2D eigenvalue weighted by Crippen LogP contribution is -2.07. The van der Waals surface area contributed by atoms with Crippen molar-refractivity contribution >= 4 is 34.5 Å². The summed E-state index contributed by atoms with van der Waals surface area (Å²) in [7, 11) is 0. The monoisotopic (exact) mass is 289 g/mol. The first-order valence-electron chi connectivity index (χ1n) is 5.56. The maximum absolute atomic E-state index is 12.0. The predicted octanol–water partition coefficient (Wildman–Crippen LogP) is 3.11. The molecule has 0 aliphatic carbocycles. The molecule has 6 heteroatoms. The number of aromatic nitrogens is 2. The van der Waals surface area contributed by atoms with Crippen molar-refractivity contribution in [3.8, 4) is 6.07 Å². The Bertz CT molecular complexity index is 663. The number of hydrogen-bond acceptors (Lipinski definition) is 6. The molecule has 4 nitrogen and oxygen atoms in total. The third kappa shape index (κ3) is 3.34. The van der Waals surface area contributed by atoms with Gasteiger partial charge in [-0.25, -0.2) is 9.97 Å². The summed E-state index contributed by atoms with van der Waals surface area (Å²) in [6.45, 7) is 3.74. The Morgan fingerprint density at radius 1 is 1.37 bits per heavy atom. The molecule has 0 fully saturated rings. The first kappa shape index (κ1) is 13.6. The van der Waals surface area contributed by atoms with Gasteiger partial charge in [0.2, 0.25) is 0 Å². The molecule has 0 saturated heterocycles. The number of ketones is 1. The maximum Gasteiger partial charge on any atom is 0.179 e. The molecule has 0 radical (unpaired) electrons. The molecule has 0 spiro atoms. The zero-order valence-corrected chi connectivity index (χ0v) is 12.1. The van der Waals surface area contributed by atoms with Crippen molar-refractivity contribution in [1.82, 2.24) is 9.97 Å². The van der Waals surface area contributed by atoms with Crippen molar-refractivity contribution in [3.05, 3.63) is 38.2 Å². The highest BCUT2D eigenvalue weighted by Crippen LogP contribution is 2.21. The van der Waals surface area contributed by atoms with E-state index in [4.69, 9.17) is 5.26 Å². The zero-order valence-electron chi connectivity index (χ0n) is 10.5. The molecule has 1 unspecified atom stereocenters. The van der Waals surface area contributed by atoms with E-state index in [1.54, 1.807) is 6.08 Å². The fourth-order valence-electron chi connectivity index (χ4n) is 1.47. The van der Waals surface area contributed by atoms with Crippen LogP contribution in [-0.2, 0) is 4.79 Å². The Balaban J connectivity index is 2.14. The van der Waals surface area contributed by atoms with E-state index in [0.29, 0.717) is 5.01 Å². The Kier molecular flexibility index (Phi) is 4.20. The molecule has 0 amide bonds. The van der Waals surface area contributed by atoms with E-state index >= 15 is 0 Å². The molecule has 1 atom stereocenters. The molecular formula is C13H11N3OS2. The first-order chi connectivity index (χ1) is 9.10. The van der Waals surface area contributed by atoms with Crippen LogP contribution in [0, 0.1) is 25.2 Å². The van der Waals surface area contributed by atoms with Crippen molar-refractivity contribution in [2.75, 3.05) is 0 Å². The average molecular weight is 289 g/mol. The molecule has 0 aliphatic heterocycles. The van der Waals surface area contributed by atoms with Crippen LogP contribution < -0.4 is 0 Å². The predicted molar refractivity (Wildman–Crippen MR) is 76.1 cm³/mol. The smallest absolute Gasteiger partial charge is 0.179 e. The quantitative estimate of drug-likeness (QED) is 0.811. The standard InChI is InChI=1S/C13H11N3OS2/c1-8-6-19-13(15-8)11(5-14)12(17)4-3-10-7-18-9(2)16-10/h3-4,6-7,11H,1-2H3. The van der Waals surface area contributed by atoms with Crippen molar-refractivity contribution in [2.45, 2.75) is 19.8 Å². The van der Waals surface area contributed by atoms with Crippen LogP contribution >= 0.6 is 22.7 Å². The van der Waals surface area contributed by atoms with Crippen LogP contribution in [0.4, 0.5) is 0 Å². The molecule has 2 aromatic heterocycles. The normalized spacial score (nSPS) is 12.5. The summed E-state index contributed by atoms with van der Waals surface area (Å²) in [5, 5.41) is 14.3. The lowest BCUT2D eigenvalue weighted by molar-refractivity contribution is -0.114. The van der Waals surface area contributed by atoms with Crippen LogP contribution in [0.3, 0.4) is 0 Å². The third-order valence-corrected chi connectivity index (χ3v) is 4.17. The van der Waals surface area contributed by atoms with Crippen molar-refractivity contribution in [2.24, 2.45) is 0 Å². The SMILES string of the molecule is Cc1csc(C(C#N)C(=O)C=Cc2csc(C)n2)n1. The minimum atomic E-state index is -0.824. The Morgan fingerprint density at radius 2 is 2.16 bits per heavy atom. The molecule has 0 saturated carbocycles. The summed E-state index contributed by atoms with van der Waals surface area (Å²) in [4.78, 5) is 20.4. The number of nitriles is 1. The van der Waals surface area contributed by atoms with Gasteiger partial charge in [0.15, 0.2) is 11.7 Å². The van der Waals surface area contributed by atoms with E-state index < -0.39 is 5.92 Å². The largest absolute Gasteiger partial charge is 0.293 e. The van der Waals surface area contributed by atoms with Gasteiger partial charge < -0.3 is 0 Å². The number of thiazole rings is 2. The van der Waals surface area contributed by atoms with E-state index in [1.165, 1.54) is 28.7 Å². The van der Waals surface area contributed by atoms with Crippen LogP contribution in [0.15, 0.2) is 16.8 Å². The molecule has 0 aromatic carbocycles. The fourth-order valence-corrected chi connectivity index (χ4v) is 2.89. The minimum absolute atomic E-state index is 0.262. The number of hydrogen-bond donors (Lipinski definition) is 0. The minimum Gasteiger partial charge on any atom is -0.293 e. The van der Waals surface area contributed by atoms with E-state index in [2.05, 4.69) is 9.97 Å². The van der Waals surface area contributed by atoms with Gasteiger partial charge in [0.25, 0.3) is 0 Å². The van der Waals surface area contributed by atoms with Gasteiger partial charge in [0, 0.05) is 16.5 Å². The van der Waals surface area contributed by atoms with Gasteiger partial charge in [-0.1, -0.05) is 0 Å². The van der Waals surface area contributed by atoms with Gasteiger partial charge >= 0.3 is 0 Å². The maximum atomic E-state index is 12.0. The highest BCUT2D eigenvalue weighted by molar-refractivity contribution is 7.10. The average Bonchev–Trinajstić information content (AvgIpc) is 2.97. The van der Waals surface area contributed by atoms with Crippen molar-refractivity contribution < 1.29 is 4.79 Å².